The standard InChI is InChI=1S/2C25H25N5O4.2C23H24N6O4/c2*1-25(2,33)12-11-17-9-10-20-19(13-17)30(3)24(32)18(15-34-20)26-23(31)22-27-21(28-29-22)14-16-7-5-4-6-8-16;2*1-29-17-11-15(8-10-19(24)30)7-9-18(17)33-13-16(23(29)32)25-22(31)21-26-20(27-28-21)12-14-5-3-2-4-6-14/h2*4-10,13,18,33H,14-15H2,1-3H3,(H,26,31)(H,27,28,29);2*2-7,9,11,16H,8,10,12-13H2,1H3,(H2,24,30)(H,25,31)(H,26,27,28)/t18-;;16-;/m1.1./s1. The number of carbonyl (C=O) groups is 10. The molecule has 0 saturated carbocycles. The summed E-state index contributed by atoms with van der Waals surface area (Å²) < 4.78 is 23.2. The lowest BCUT2D eigenvalue weighted by atomic mass is 10.1. The minimum Gasteiger partial charge on any atom is -0.489 e. The molecule has 688 valence electrons. The van der Waals surface area contributed by atoms with Crippen molar-refractivity contribution in [2.45, 2.75) is 114 Å². The van der Waals surface area contributed by atoms with E-state index in [1.54, 1.807) is 117 Å². The summed E-state index contributed by atoms with van der Waals surface area (Å²) >= 11 is 0. The van der Waals surface area contributed by atoms with Crippen LogP contribution in [-0.2, 0) is 67.3 Å². The minimum atomic E-state index is -1.14. The van der Waals surface area contributed by atoms with E-state index in [0.29, 0.717) is 119 Å². The Balaban J connectivity index is 0.000000152. The SMILES string of the molecule is CN1C(=O)C(NC(=O)c2n[nH]c(Cc3ccccc3)n2)COc2ccc(C#CC(C)(C)O)cc21.CN1C(=O)C(NC(=O)c2n[nH]c(Cc3ccccc3)n2)COc2ccc(CCC(N)=O)cc21.CN1C(=O)[C@H](NC(=O)c2n[nH]c(Cc3ccccc3)n2)COc2ccc(C#CC(C)(C)O)cc21.CN1C(=O)[C@H](NC(=O)c2n[nH]c(Cc3ccccc3)n2)COc2ccc(CCC(N)=O)cc21. The van der Waals surface area contributed by atoms with Crippen LogP contribution in [0.1, 0.15) is 151 Å². The Kier molecular flexibility index (Phi) is 30.5. The molecular formula is C96H98N22O16. The van der Waals surface area contributed by atoms with Gasteiger partial charge >= 0.3 is 0 Å². The zero-order valence-corrected chi connectivity index (χ0v) is 74.4. The fourth-order valence-electron chi connectivity index (χ4n) is 13.9. The molecule has 0 fully saturated rings. The molecule has 8 heterocycles. The number of nitrogens with one attached hydrogen (secondary N) is 8. The first-order valence-electron chi connectivity index (χ1n) is 42.5. The van der Waals surface area contributed by atoms with E-state index in [4.69, 9.17) is 30.4 Å². The van der Waals surface area contributed by atoms with Crippen molar-refractivity contribution in [2.75, 3.05) is 74.2 Å². The highest BCUT2D eigenvalue weighted by Crippen LogP contribution is 2.36. The van der Waals surface area contributed by atoms with Gasteiger partial charge in [0.05, 0.1) is 22.7 Å². The second-order valence-electron chi connectivity index (χ2n) is 32.5. The molecule has 4 aromatic heterocycles. The molecule has 0 saturated heterocycles. The van der Waals surface area contributed by atoms with Crippen LogP contribution >= 0.6 is 0 Å². The van der Waals surface area contributed by atoms with Crippen molar-refractivity contribution in [3.8, 4) is 46.7 Å². The molecule has 38 nitrogen and oxygen atoms in total. The molecule has 16 rings (SSSR count). The molecule has 4 atom stereocenters. The Morgan fingerprint density at radius 2 is 0.604 bits per heavy atom. The number of nitrogens with two attached hydrogens (primary N) is 2. The number of nitrogens with zero attached hydrogens (tertiary/aromatic N) is 12. The number of aromatic nitrogens is 12. The summed E-state index contributed by atoms with van der Waals surface area (Å²) in [5, 5.41) is 57.3. The smallest absolute Gasteiger partial charge is 0.291 e. The predicted molar refractivity (Wildman–Crippen MR) is 490 cm³/mol. The Morgan fingerprint density at radius 3 is 0.843 bits per heavy atom. The van der Waals surface area contributed by atoms with Crippen LogP contribution in [0.2, 0.25) is 0 Å². The molecule has 12 aromatic rings. The maximum absolute atomic E-state index is 13.1. The lowest BCUT2D eigenvalue weighted by Gasteiger charge is -2.20. The van der Waals surface area contributed by atoms with Crippen molar-refractivity contribution >= 4 is 81.8 Å². The number of aliphatic hydroxyl groups is 2. The van der Waals surface area contributed by atoms with Crippen molar-refractivity contribution in [1.29, 1.82) is 0 Å². The first kappa shape index (κ1) is 94.9. The quantitative estimate of drug-likeness (QED) is 0.0384. The van der Waals surface area contributed by atoms with Crippen molar-refractivity contribution in [1.82, 2.24) is 82.0 Å². The third kappa shape index (κ3) is 25.9. The van der Waals surface area contributed by atoms with Crippen LogP contribution in [0.25, 0.3) is 0 Å². The number of hydrogen-bond acceptors (Lipinski definition) is 24. The highest BCUT2D eigenvalue weighted by molar-refractivity contribution is 6.06. The first-order chi connectivity index (χ1) is 64.2. The summed E-state index contributed by atoms with van der Waals surface area (Å²) in [5.41, 5.74) is 17.4. The Labute approximate surface area is 769 Å². The van der Waals surface area contributed by atoms with E-state index in [-0.39, 0.29) is 86.2 Å². The van der Waals surface area contributed by atoms with Gasteiger partial charge in [-0.15, -0.1) is 20.4 Å². The number of primary amides is 2. The molecule has 0 radical (unpaired) electrons. The number of aromatic amines is 4. The fourth-order valence-corrected chi connectivity index (χ4v) is 13.9. The summed E-state index contributed by atoms with van der Waals surface area (Å²) in [4.78, 5) is 148. The Bertz CT molecular complexity index is 6040. The molecule has 4 aliphatic rings. The zero-order chi connectivity index (χ0) is 95.3. The molecule has 38 heteroatoms. The summed E-state index contributed by atoms with van der Waals surface area (Å²) in [5.74, 6) is 10.8. The largest absolute Gasteiger partial charge is 0.489 e. The van der Waals surface area contributed by atoms with Gasteiger partial charge in [-0.2, -0.15) is 0 Å². The Morgan fingerprint density at radius 1 is 0.366 bits per heavy atom. The van der Waals surface area contributed by atoms with Gasteiger partial charge in [-0.3, -0.25) is 68.3 Å². The molecular weight excluding hydrogens is 1720 g/mol. The number of likely N-dealkylation sites (N-methyl/N-ethyl adjacent to an activating group) is 4. The summed E-state index contributed by atoms with van der Waals surface area (Å²) in [6.45, 7) is 6.20. The highest BCUT2D eigenvalue weighted by Gasteiger charge is 2.37. The van der Waals surface area contributed by atoms with E-state index in [9.17, 15) is 58.2 Å². The predicted octanol–water partition coefficient (Wildman–Crippen LogP) is 5.28. The Hall–Kier alpha value is -16.7. The van der Waals surface area contributed by atoms with Crippen LogP contribution in [0.3, 0.4) is 0 Å². The van der Waals surface area contributed by atoms with Gasteiger partial charge in [-0.25, -0.2) is 19.9 Å². The third-order valence-electron chi connectivity index (χ3n) is 20.9. The third-order valence-corrected chi connectivity index (χ3v) is 20.9. The molecule has 0 spiro atoms. The van der Waals surface area contributed by atoms with Gasteiger partial charge < -0.3 is 81.5 Å². The summed E-state index contributed by atoms with van der Waals surface area (Å²) in [6, 6.07) is 56.1. The number of hydrogen-bond donors (Lipinski definition) is 12. The van der Waals surface area contributed by atoms with E-state index >= 15 is 0 Å². The van der Waals surface area contributed by atoms with Crippen LogP contribution in [0, 0.1) is 23.7 Å². The molecule has 0 bridgehead atoms. The monoisotopic (exact) mass is 1810 g/mol. The van der Waals surface area contributed by atoms with Gasteiger partial charge in [-0.1, -0.05) is 157 Å². The fraction of sp³-hybridized carbons (Fsp3) is 0.271. The van der Waals surface area contributed by atoms with Crippen LogP contribution in [0.5, 0.6) is 23.0 Å². The normalized spacial score (nSPS) is 15.4. The molecule has 10 amide bonds. The van der Waals surface area contributed by atoms with Crippen LogP contribution in [-0.4, -0.2) is 220 Å². The number of aryl methyl sites for hydroxylation is 2. The summed E-state index contributed by atoms with van der Waals surface area (Å²) in [6.07, 6.45) is 3.35. The lowest BCUT2D eigenvalue weighted by Crippen LogP contribution is -2.49. The minimum absolute atomic E-state index is 0.0379. The van der Waals surface area contributed by atoms with Crippen LogP contribution in [0.15, 0.2) is 194 Å². The van der Waals surface area contributed by atoms with E-state index in [2.05, 4.69) is 106 Å². The number of fused-ring (bicyclic) bond motifs is 4. The molecule has 0 aliphatic carbocycles. The number of rotatable bonds is 22. The molecule has 14 N–H and O–H groups in total. The van der Waals surface area contributed by atoms with E-state index in [1.165, 1.54) is 19.6 Å². The average molecular weight is 1820 g/mol. The van der Waals surface area contributed by atoms with Gasteiger partial charge in [0.2, 0.25) is 35.1 Å². The van der Waals surface area contributed by atoms with Crippen LogP contribution < -0.4 is 71.3 Å². The number of carbonyl (C=O) groups excluding carboxylic acids is 10. The van der Waals surface area contributed by atoms with Crippen molar-refractivity contribution < 1.29 is 77.1 Å². The van der Waals surface area contributed by atoms with E-state index < -0.39 is 70.8 Å². The van der Waals surface area contributed by atoms with Gasteiger partial charge in [0.1, 0.15) is 108 Å². The number of benzene rings is 8. The van der Waals surface area contributed by atoms with E-state index in [0.717, 1.165) is 33.4 Å². The second-order valence-corrected chi connectivity index (χ2v) is 32.5. The van der Waals surface area contributed by atoms with Crippen molar-refractivity contribution in [3.63, 3.8) is 0 Å². The van der Waals surface area contributed by atoms with Gasteiger partial charge in [0, 0.05) is 77.8 Å². The van der Waals surface area contributed by atoms with Crippen molar-refractivity contribution in [3.05, 3.63) is 285 Å². The first-order valence-corrected chi connectivity index (χ1v) is 42.5. The van der Waals surface area contributed by atoms with E-state index in [1.807, 2.05) is 133 Å². The maximum atomic E-state index is 13.1. The second kappa shape index (κ2) is 43.1. The van der Waals surface area contributed by atoms with Crippen molar-refractivity contribution in [2.24, 2.45) is 11.5 Å². The zero-order valence-electron chi connectivity index (χ0n) is 74.4. The van der Waals surface area contributed by atoms with Gasteiger partial charge in [0.25, 0.3) is 47.3 Å². The number of amides is 10. The molecule has 134 heavy (non-hydrogen) atoms. The average Bonchev–Trinajstić information content (AvgIpc) is 1.76. The lowest BCUT2D eigenvalue weighted by molar-refractivity contribution is -0.121. The van der Waals surface area contributed by atoms with Gasteiger partial charge in [-0.05, 0) is 135 Å². The topological polar surface area (TPSA) is 527 Å². The molecule has 8 aromatic carbocycles. The molecule has 4 aliphatic heterocycles. The highest BCUT2D eigenvalue weighted by atomic mass is 16.5. The number of anilines is 4. The van der Waals surface area contributed by atoms with Crippen LogP contribution in [0.4, 0.5) is 22.7 Å². The number of ether oxygens (including phenoxy) is 4. The van der Waals surface area contributed by atoms with Gasteiger partial charge in [0.15, 0.2) is 0 Å². The maximum Gasteiger partial charge on any atom is 0.291 e. The summed E-state index contributed by atoms with van der Waals surface area (Å²) in [7, 11) is 6.43. The molecule has 2 unspecified atom stereocenters. The number of H-pyrrole nitrogens is 4.